The minimum atomic E-state index is -0.263. The predicted molar refractivity (Wildman–Crippen MR) is 93.0 cm³/mol. The summed E-state index contributed by atoms with van der Waals surface area (Å²) in [6.45, 7) is 6.80. The third-order valence-electron chi connectivity index (χ3n) is 4.39. The number of hydrogen-bond donors (Lipinski definition) is 0. The van der Waals surface area contributed by atoms with Gasteiger partial charge in [-0.25, -0.2) is 0 Å². The van der Waals surface area contributed by atoms with Crippen molar-refractivity contribution in [2.24, 2.45) is 0 Å². The molecule has 0 saturated carbocycles. The van der Waals surface area contributed by atoms with Gasteiger partial charge in [0.15, 0.2) is 0 Å². The highest BCUT2D eigenvalue weighted by atomic mass is 16.5. The van der Waals surface area contributed by atoms with Crippen molar-refractivity contribution in [3.8, 4) is 0 Å². The Morgan fingerprint density at radius 2 is 2.00 bits per heavy atom. The number of hydrogen-bond acceptors (Lipinski definition) is 3. The molecule has 1 atom stereocenters. The maximum atomic E-state index is 12.8. The molecular formula is C20H21NO3. The highest BCUT2D eigenvalue weighted by Gasteiger charge is 2.32. The van der Waals surface area contributed by atoms with Crippen LogP contribution in [0.2, 0.25) is 0 Å². The topological polar surface area (TPSA) is 48.3 Å². The summed E-state index contributed by atoms with van der Waals surface area (Å²) in [5.41, 5.74) is 3.12. The van der Waals surface area contributed by atoms with Gasteiger partial charge in [-0.3, -0.25) is 9.59 Å². The minimum Gasteiger partial charge on any atom is -0.465 e. The molecule has 3 rings (SSSR count). The fraction of sp³-hybridized carbons (Fsp3) is 0.300. The van der Waals surface area contributed by atoms with E-state index in [1.807, 2.05) is 29.7 Å². The lowest BCUT2D eigenvalue weighted by Gasteiger charge is -2.09. The lowest BCUT2D eigenvalue weighted by Crippen LogP contribution is -2.14. The van der Waals surface area contributed by atoms with Gasteiger partial charge in [0.25, 0.3) is 0 Å². The van der Waals surface area contributed by atoms with Crippen molar-refractivity contribution in [2.75, 3.05) is 6.61 Å². The van der Waals surface area contributed by atoms with Gasteiger partial charge in [0.05, 0.1) is 18.2 Å². The third kappa shape index (κ3) is 2.92. The Labute approximate surface area is 141 Å². The lowest BCUT2D eigenvalue weighted by atomic mass is 10.0. The second-order valence-electron chi connectivity index (χ2n) is 5.96. The van der Waals surface area contributed by atoms with E-state index in [-0.39, 0.29) is 17.7 Å². The Bertz CT molecular complexity index is 771. The van der Waals surface area contributed by atoms with Gasteiger partial charge in [0, 0.05) is 17.8 Å². The number of ether oxygens (including phenoxy) is 1. The first-order valence-electron chi connectivity index (χ1n) is 8.29. The molecule has 0 bridgehead atoms. The molecule has 0 spiro atoms. The molecule has 24 heavy (non-hydrogen) atoms. The second kappa shape index (κ2) is 6.87. The van der Waals surface area contributed by atoms with Crippen LogP contribution in [0.5, 0.6) is 0 Å². The molecule has 2 aromatic rings. The Kier molecular flexibility index (Phi) is 4.65. The van der Waals surface area contributed by atoms with E-state index in [4.69, 9.17) is 4.74 Å². The number of benzene rings is 1. The summed E-state index contributed by atoms with van der Waals surface area (Å²) in [7, 11) is 0. The van der Waals surface area contributed by atoms with Crippen molar-refractivity contribution >= 4 is 17.8 Å². The Hall–Kier alpha value is -2.62. The molecule has 2 heterocycles. The van der Waals surface area contributed by atoms with Crippen LogP contribution in [-0.2, 0) is 16.1 Å². The number of nitrogens with zero attached hydrogens (tertiary/aromatic N) is 1. The van der Waals surface area contributed by atoms with Gasteiger partial charge in [-0.05, 0) is 30.5 Å². The standard InChI is InChI=1S/C20H21NO3/c1-3-13-24-20(23)16-11-12-21-17(16)9-10-18(21)19(22)15-7-5-14(4-2)6-8-15/h4-10,16H,2-3,11-13H2,1H3. The van der Waals surface area contributed by atoms with Gasteiger partial charge < -0.3 is 9.30 Å². The van der Waals surface area contributed by atoms with Gasteiger partial charge in [-0.2, -0.15) is 0 Å². The number of esters is 1. The molecule has 1 aromatic heterocycles. The molecule has 1 aliphatic heterocycles. The molecule has 4 heteroatoms. The first kappa shape index (κ1) is 16.2. The first-order valence-corrected chi connectivity index (χ1v) is 8.29. The molecular weight excluding hydrogens is 302 g/mol. The third-order valence-corrected chi connectivity index (χ3v) is 4.39. The molecule has 0 amide bonds. The van der Waals surface area contributed by atoms with E-state index in [1.165, 1.54) is 0 Å². The normalized spacial score (nSPS) is 15.8. The summed E-state index contributed by atoms with van der Waals surface area (Å²) >= 11 is 0. The van der Waals surface area contributed by atoms with Crippen molar-refractivity contribution in [3.05, 3.63) is 65.5 Å². The molecule has 0 fully saturated rings. The SMILES string of the molecule is C=Cc1ccc(C(=O)c2ccc3n2CCC3C(=O)OCCC)cc1. The average Bonchev–Trinajstić information content (AvgIpc) is 3.21. The Morgan fingerprint density at radius 1 is 1.25 bits per heavy atom. The van der Waals surface area contributed by atoms with E-state index in [1.54, 1.807) is 24.3 Å². The van der Waals surface area contributed by atoms with Gasteiger partial charge in [-0.15, -0.1) is 0 Å². The molecule has 0 saturated heterocycles. The molecule has 1 unspecified atom stereocenters. The molecule has 0 N–H and O–H groups in total. The summed E-state index contributed by atoms with van der Waals surface area (Å²) in [4.78, 5) is 24.9. The first-order chi connectivity index (χ1) is 11.7. The Morgan fingerprint density at radius 3 is 2.67 bits per heavy atom. The van der Waals surface area contributed by atoms with Crippen LogP contribution in [-0.4, -0.2) is 22.9 Å². The van der Waals surface area contributed by atoms with Crippen LogP contribution in [0.1, 0.15) is 53.0 Å². The molecule has 0 radical (unpaired) electrons. The molecule has 1 aromatic carbocycles. The van der Waals surface area contributed by atoms with Gasteiger partial charge >= 0.3 is 5.97 Å². The summed E-state index contributed by atoms with van der Waals surface area (Å²) in [5.74, 6) is -0.483. The summed E-state index contributed by atoms with van der Waals surface area (Å²) in [6.07, 6.45) is 3.24. The lowest BCUT2D eigenvalue weighted by molar-refractivity contribution is -0.145. The van der Waals surface area contributed by atoms with Crippen molar-refractivity contribution in [1.82, 2.24) is 4.57 Å². The van der Waals surface area contributed by atoms with E-state index in [2.05, 4.69) is 6.58 Å². The van der Waals surface area contributed by atoms with Crippen molar-refractivity contribution in [2.45, 2.75) is 32.2 Å². The predicted octanol–water partition coefficient (Wildman–Crippen LogP) is 3.80. The number of carbonyl (C=O) groups is 2. The van der Waals surface area contributed by atoms with Crippen LogP contribution < -0.4 is 0 Å². The zero-order chi connectivity index (χ0) is 17.1. The zero-order valence-corrected chi connectivity index (χ0v) is 13.8. The van der Waals surface area contributed by atoms with Crippen molar-refractivity contribution < 1.29 is 14.3 Å². The highest BCUT2D eigenvalue weighted by molar-refractivity contribution is 6.08. The fourth-order valence-corrected chi connectivity index (χ4v) is 3.10. The minimum absolute atomic E-state index is 0.0283. The van der Waals surface area contributed by atoms with E-state index in [0.717, 1.165) is 17.7 Å². The molecule has 0 aliphatic carbocycles. The van der Waals surface area contributed by atoms with E-state index >= 15 is 0 Å². The monoisotopic (exact) mass is 323 g/mol. The molecule has 124 valence electrons. The van der Waals surface area contributed by atoms with E-state index in [0.29, 0.717) is 30.8 Å². The maximum absolute atomic E-state index is 12.8. The fourth-order valence-electron chi connectivity index (χ4n) is 3.10. The number of rotatable bonds is 6. The quantitative estimate of drug-likeness (QED) is 0.600. The van der Waals surface area contributed by atoms with E-state index < -0.39 is 0 Å². The van der Waals surface area contributed by atoms with Gasteiger partial charge in [0.2, 0.25) is 5.78 Å². The van der Waals surface area contributed by atoms with Gasteiger partial charge in [0.1, 0.15) is 0 Å². The number of ketones is 1. The van der Waals surface area contributed by atoms with Crippen LogP contribution in [0.25, 0.3) is 6.08 Å². The molecule has 1 aliphatic rings. The van der Waals surface area contributed by atoms with Crippen molar-refractivity contribution in [3.63, 3.8) is 0 Å². The van der Waals surface area contributed by atoms with Crippen LogP contribution >= 0.6 is 0 Å². The highest BCUT2D eigenvalue weighted by Crippen LogP contribution is 2.32. The smallest absolute Gasteiger partial charge is 0.315 e. The largest absolute Gasteiger partial charge is 0.465 e. The summed E-state index contributed by atoms with van der Waals surface area (Å²) < 4.78 is 7.21. The van der Waals surface area contributed by atoms with Crippen LogP contribution in [0, 0.1) is 0 Å². The number of carbonyl (C=O) groups excluding carboxylic acids is 2. The van der Waals surface area contributed by atoms with Crippen LogP contribution in [0.15, 0.2) is 43.0 Å². The number of fused-ring (bicyclic) bond motifs is 1. The van der Waals surface area contributed by atoms with Gasteiger partial charge in [-0.1, -0.05) is 43.8 Å². The second-order valence-corrected chi connectivity index (χ2v) is 5.96. The van der Waals surface area contributed by atoms with E-state index in [9.17, 15) is 9.59 Å². The number of aromatic nitrogens is 1. The summed E-state index contributed by atoms with van der Waals surface area (Å²) in [6, 6.07) is 11.0. The maximum Gasteiger partial charge on any atom is 0.315 e. The Balaban J connectivity index is 1.83. The van der Waals surface area contributed by atoms with Crippen LogP contribution in [0.3, 0.4) is 0 Å². The molecule has 4 nitrogen and oxygen atoms in total. The zero-order valence-electron chi connectivity index (χ0n) is 13.8. The van der Waals surface area contributed by atoms with Crippen molar-refractivity contribution in [1.29, 1.82) is 0 Å². The van der Waals surface area contributed by atoms with Crippen LogP contribution in [0.4, 0.5) is 0 Å². The summed E-state index contributed by atoms with van der Waals surface area (Å²) in [5, 5.41) is 0. The average molecular weight is 323 g/mol.